The molecule has 3 aromatic heterocycles. The van der Waals surface area contributed by atoms with E-state index in [0.717, 1.165) is 26.9 Å². The van der Waals surface area contributed by atoms with Crippen LogP contribution in [0.2, 0.25) is 0 Å². The first-order valence-corrected chi connectivity index (χ1v) is 13.3. The van der Waals surface area contributed by atoms with Gasteiger partial charge in [-0.1, -0.05) is 60.7 Å². The Morgan fingerprint density at radius 1 is 0.833 bits per heavy atom. The van der Waals surface area contributed by atoms with E-state index in [4.69, 9.17) is 9.84 Å². The lowest BCUT2D eigenvalue weighted by Crippen LogP contribution is -2.38. The molecule has 0 radical (unpaired) electrons. The number of hydrogen-bond acceptors (Lipinski definition) is 6. The van der Waals surface area contributed by atoms with Crippen LogP contribution in [0.3, 0.4) is 0 Å². The largest absolute Gasteiger partial charge is 0.497 e. The standard InChI is InChI=1S/C32H27FN6O3/c1-37-31(40)28-29(34-24-7-4-3-5-8-24)39(20-22-11-15-23(16-12-22)26-9-6-10-27(33)35-26)36-30(28)38(32(37)41)19-21-13-17-25(42-2)18-14-21/h3-18,34H,19-20H2,1-2H3. The molecule has 3 aromatic carbocycles. The number of fused-ring (bicyclic) bond motifs is 1. The molecule has 42 heavy (non-hydrogen) atoms. The molecule has 0 unspecified atom stereocenters. The van der Waals surface area contributed by atoms with E-state index in [1.54, 1.807) is 23.9 Å². The summed E-state index contributed by atoms with van der Waals surface area (Å²) in [6.45, 7) is 0.519. The van der Waals surface area contributed by atoms with Crippen molar-refractivity contribution in [1.29, 1.82) is 0 Å². The molecule has 0 atom stereocenters. The molecule has 0 aliphatic carbocycles. The smallest absolute Gasteiger partial charge is 0.332 e. The first-order chi connectivity index (χ1) is 20.4. The molecule has 0 aliphatic heterocycles. The van der Waals surface area contributed by atoms with E-state index in [1.165, 1.54) is 17.7 Å². The quantitative estimate of drug-likeness (QED) is 0.264. The number of halogens is 1. The molecule has 6 rings (SSSR count). The number of nitrogens with zero attached hydrogens (tertiary/aromatic N) is 5. The SMILES string of the molecule is COc1ccc(Cn2c(=O)n(C)c(=O)c3c(Nc4ccccc4)n(Cc4ccc(-c5cccc(F)n5)cc4)nc32)cc1. The van der Waals surface area contributed by atoms with Crippen LogP contribution in [0.15, 0.2) is 107 Å². The van der Waals surface area contributed by atoms with Gasteiger partial charge in [-0.3, -0.25) is 13.9 Å². The maximum Gasteiger partial charge on any atom is 0.332 e. The predicted octanol–water partition coefficient (Wildman–Crippen LogP) is 4.95. The highest BCUT2D eigenvalue weighted by atomic mass is 19.1. The minimum atomic E-state index is -0.543. The maximum atomic E-state index is 13.7. The van der Waals surface area contributed by atoms with Gasteiger partial charge in [-0.25, -0.2) is 14.5 Å². The number of aromatic nitrogens is 5. The molecule has 0 saturated carbocycles. The molecule has 0 bridgehead atoms. The van der Waals surface area contributed by atoms with Gasteiger partial charge in [0.15, 0.2) is 5.65 Å². The third-order valence-corrected chi connectivity index (χ3v) is 7.06. The third-order valence-electron chi connectivity index (χ3n) is 7.06. The van der Waals surface area contributed by atoms with Gasteiger partial charge in [0.1, 0.15) is 17.0 Å². The summed E-state index contributed by atoms with van der Waals surface area (Å²) in [5.74, 6) is 0.629. The van der Waals surface area contributed by atoms with Crippen LogP contribution in [0.25, 0.3) is 22.3 Å². The van der Waals surface area contributed by atoms with Crippen LogP contribution in [0.4, 0.5) is 15.9 Å². The summed E-state index contributed by atoms with van der Waals surface area (Å²) >= 11 is 0. The fourth-order valence-corrected chi connectivity index (χ4v) is 4.84. The molecule has 0 aliphatic rings. The fraction of sp³-hybridized carbons (Fsp3) is 0.125. The zero-order valence-corrected chi connectivity index (χ0v) is 23.0. The van der Waals surface area contributed by atoms with Crippen LogP contribution < -0.4 is 21.3 Å². The van der Waals surface area contributed by atoms with E-state index in [2.05, 4.69) is 10.3 Å². The van der Waals surface area contributed by atoms with Crippen LogP contribution in [-0.4, -0.2) is 31.0 Å². The van der Waals surface area contributed by atoms with E-state index < -0.39 is 17.2 Å². The zero-order valence-electron chi connectivity index (χ0n) is 23.0. The molecule has 1 N–H and O–H groups in total. The van der Waals surface area contributed by atoms with Crippen molar-refractivity contribution in [1.82, 2.24) is 23.9 Å². The van der Waals surface area contributed by atoms with E-state index in [0.29, 0.717) is 29.2 Å². The summed E-state index contributed by atoms with van der Waals surface area (Å²) in [6, 6.07) is 29.1. The van der Waals surface area contributed by atoms with Gasteiger partial charge in [0.2, 0.25) is 5.95 Å². The van der Waals surface area contributed by atoms with Crippen LogP contribution in [0, 0.1) is 5.95 Å². The Bertz CT molecular complexity index is 2000. The summed E-state index contributed by atoms with van der Waals surface area (Å²) < 4.78 is 23.2. The van der Waals surface area contributed by atoms with Gasteiger partial charge >= 0.3 is 5.69 Å². The van der Waals surface area contributed by atoms with Crippen LogP contribution in [-0.2, 0) is 20.1 Å². The number of methoxy groups -OCH3 is 1. The third kappa shape index (κ3) is 5.17. The molecule has 0 fully saturated rings. The Morgan fingerprint density at radius 3 is 2.21 bits per heavy atom. The second-order valence-electron chi connectivity index (χ2n) is 9.82. The summed E-state index contributed by atoms with van der Waals surface area (Å²) in [5, 5.41) is 8.46. The molecule has 6 aromatic rings. The monoisotopic (exact) mass is 562 g/mol. The summed E-state index contributed by atoms with van der Waals surface area (Å²) in [4.78, 5) is 30.9. The van der Waals surface area contributed by atoms with Crippen molar-refractivity contribution in [3.63, 3.8) is 0 Å². The molecule has 0 saturated heterocycles. The second kappa shape index (κ2) is 11.2. The van der Waals surface area contributed by atoms with E-state index >= 15 is 0 Å². The first-order valence-electron chi connectivity index (χ1n) is 13.3. The lowest BCUT2D eigenvalue weighted by atomic mass is 10.1. The molecule has 210 valence electrons. The highest BCUT2D eigenvalue weighted by molar-refractivity contribution is 5.89. The Hall–Kier alpha value is -5.51. The van der Waals surface area contributed by atoms with Gasteiger partial charge in [-0.15, -0.1) is 0 Å². The van der Waals surface area contributed by atoms with Crippen LogP contribution >= 0.6 is 0 Å². The highest BCUT2D eigenvalue weighted by Gasteiger charge is 2.22. The van der Waals surface area contributed by atoms with E-state index in [1.807, 2.05) is 78.9 Å². The van der Waals surface area contributed by atoms with Gasteiger partial charge in [0, 0.05) is 18.3 Å². The Labute approximate surface area is 240 Å². The van der Waals surface area contributed by atoms with E-state index in [-0.39, 0.29) is 12.2 Å². The predicted molar refractivity (Wildman–Crippen MR) is 160 cm³/mol. The molecule has 0 spiro atoms. The lowest BCUT2D eigenvalue weighted by molar-refractivity contribution is 0.414. The van der Waals surface area contributed by atoms with Crippen LogP contribution in [0.5, 0.6) is 5.75 Å². The van der Waals surface area contributed by atoms with Gasteiger partial charge in [0.05, 0.1) is 25.9 Å². The minimum absolute atomic E-state index is 0.213. The molecule has 9 nitrogen and oxygen atoms in total. The van der Waals surface area contributed by atoms with Crippen molar-refractivity contribution in [2.75, 3.05) is 12.4 Å². The molecule has 3 heterocycles. The van der Waals surface area contributed by atoms with Crippen molar-refractivity contribution in [3.05, 3.63) is 135 Å². The normalized spacial score (nSPS) is 11.1. The fourth-order valence-electron chi connectivity index (χ4n) is 4.84. The topological polar surface area (TPSA) is 96.0 Å². The number of ether oxygens (including phenoxy) is 1. The van der Waals surface area contributed by atoms with E-state index in [9.17, 15) is 14.0 Å². The average Bonchev–Trinajstić information content (AvgIpc) is 3.36. The van der Waals surface area contributed by atoms with Gasteiger partial charge in [-0.05, 0) is 47.5 Å². The summed E-state index contributed by atoms with van der Waals surface area (Å²) in [6.07, 6.45) is 0. The number of anilines is 2. The molecule has 0 amide bonds. The first kappa shape index (κ1) is 26.7. The van der Waals surface area contributed by atoms with Gasteiger partial charge in [-0.2, -0.15) is 9.49 Å². The zero-order chi connectivity index (χ0) is 29.2. The van der Waals surface area contributed by atoms with Crippen molar-refractivity contribution < 1.29 is 9.13 Å². The summed E-state index contributed by atoms with van der Waals surface area (Å²) in [7, 11) is 3.06. The lowest BCUT2D eigenvalue weighted by Gasteiger charge is -2.11. The Kier molecular flexibility index (Phi) is 7.10. The van der Waals surface area contributed by atoms with Crippen molar-refractivity contribution in [2.45, 2.75) is 13.1 Å². The maximum absolute atomic E-state index is 13.7. The number of hydrogen-bond donors (Lipinski definition) is 1. The molecular weight excluding hydrogens is 535 g/mol. The average molecular weight is 563 g/mol. The van der Waals surface area contributed by atoms with Crippen LogP contribution in [0.1, 0.15) is 11.1 Å². The highest BCUT2D eigenvalue weighted by Crippen LogP contribution is 2.26. The Morgan fingerprint density at radius 2 is 1.52 bits per heavy atom. The second-order valence-corrected chi connectivity index (χ2v) is 9.82. The number of para-hydroxylation sites is 1. The number of benzene rings is 3. The van der Waals surface area contributed by atoms with Crippen molar-refractivity contribution >= 4 is 22.5 Å². The number of nitrogens with one attached hydrogen (secondary N) is 1. The van der Waals surface area contributed by atoms with Gasteiger partial charge in [0.25, 0.3) is 5.56 Å². The molecule has 10 heteroatoms. The summed E-state index contributed by atoms with van der Waals surface area (Å²) in [5.41, 5.74) is 3.18. The Balaban J connectivity index is 1.46. The van der Waals surface area contributed by atoms with Crippen molar-refractivity contribution in [2.24, 2.45) is 7.05 Å². The van der Waals surface area contributed by atoms with Crippen molar-refractivity contribution in [3.8, 4) is 17.0 Å². The number of pyridine rings is 1. The molecular formula is C32H27FN6O3. The van der Waals surface area contributed by atoms with Gasteiger partial charge < -0.3 is 10.1 Å². The number of rotatable bonds is 8. The minimum Gasteiger partial charge on any atom is -0.497 e.